The second-order valence-electron chi connectivity index (χ2n) is 3.35. The summed E-state index contributed by atoms with van der Waals surface area (Å²) in [6, 6.07) is 7.53. The Labute approximate surface area is 101 Å². The van der Waals surface area contributed by atoms with Gasteiger partial charge in [-0.2, -0.15) is 4.98 Å². The SMILES string of the molecule is Nc1nc2ccccc2n1-c1ncnc(Cl)n1. The number of nitrogens with zero attached hydrogens (tertiary/aromatic N) is 5. The molecule has 7 heteroatoms. The van der Waals surface area contributed by atoms with E-state index in [0.29, 0.717) is 11.9 Å². The first kappa shape index (κ1) is 9.98. The van der Waals surface area contributed by atoms with E-state index in [1.165, 1.54) is 6.33 Å². The van der Waals surface area contributed by atoms with E-state index in [-0.39, 0.29) is 5.28 Å². The number of para-hydroxylation sites is 2. The molecule has 0 amide bonds. The smallest absolute Gasteiger partial charge is 0.241 e. The van der Waals surface area contributed by atoms with Gasteiger partial charge in [-0.15, -0.1) is 0 Å². The number of halogens is 1. The molecule has 6 nitrogen and oxygen atoms in total. The highest BCUT2D eigenvalue weighted by molar-refractivity contribution is 6.28. The van der Waals surface area contributed by atoms with Crippen molar-refractivity contribution in [3.63, 3.8) is 0 Å². The number of fused-ring (bicyclic) bond motifs is 1. The molecular formula is C10H7ClN6. The van der Waals surface area contributed by atoms with Crippen LogP contribution in [0.1, 0.15) is 0 Å². The number of imidazole rings is 1. The minimum absolute atomic E-state index is 0.118. The predicted octanol–water partition coefficient (Wildman–Crippen LogP) is 1.45. The molecule has 3 aromatic rings. The standard InChI is InChI=1S/C10H7ClN6/c11-8-13-5-14-10(16-8)17-7-4-2-1-3-6(7)15-9(17)12/h1-5H,(H2,12,15). The van der Waals surface area contributed by atoms with E-state index in [2.05, 4.69) is 19.9 Å². The van der Waals surface area contributed by atoms with Crippen molar-refractivity contribution in [3.05, 3.63) is 35.9 Å². The fourth-order valence-corrected chi connectivity index (χ4v) is 1.75. The molecular weight excluding hydrogens is 240 g/mol. The van der Waals surface area contributed by atoms with Crippen LogP contribution in [-0.4, -0.2) is 24.5 Å². The molecule has 0 bridgehead atoms. The number of hydrogen-bond donors (Lipinski definition) is 1. The number of hydrogen-bond acceptors (Lipinski definition) is 5. The number of anilines is 1. The van der Waals surface area contributed by atoms with Crippen LogP contribution >= 0.6 is 11.6 Å². The minimum atomic E-state index is 0.118. The second kappa shape index (κ2) is 3.67. The summed E-state index contributed by atoms with van der Waals surface area (Å²) in [4.78, 5) is 16.0. The molecule has 0 saturated heterocycles. The Kier molecular flexibility index (Phi) is 2.15. The third kappa shape index (κ3) is 1.58. The summed E-state index contributed by atoms with van der Waals surface area (Å²) in [5.74, 6) is 0.671. The number of nitrogen functional groups attached to an aromatic ring is 1. The first-order valence-corrected chi connectivity index (χ1v) is 5.21. The monoisotopic (exact) mass is 246 g/mol. The van der Waals surface area contributed by atoms with Crippen molar-refractivity contribution >= 4 is 28.6 Å². The predicted molar refractivity (Wildman–Crippen MR) is 63.9 cm³/mol. The summed E-state index contributed by atoms with van der Waals surface area (Å²) in [5.41, 5.74) is 7.45. The maximum atomic E-state index is 5.84. The zero-order valence-corrected chi connectivity index (χ0v) is 9.33. The lowest BCUT2D eigenvalue weighted by molar-refractivity contribution is 0.921. The van der Waals surface area contributed by atoms with E-state index in [0.717, 1.165) is 11.0 Å². The number of benzene rings is 1. The van der Waals surface area contributed by atoms with Crippen molar-refractivity contribution < 1.29 is 0 Å². The van der Waals surface area contributed by atoms with Crippen LogP contribution in [-0.2, 0) is 0 Å². The molecule has 2 N–H and O–H groups in total. The van der Waals surface area contributed by atoms with Gasteiger partial charge in [-0.05, 0) is 23.7 Å². The highest BCUT2D eigenvalue weighted by Crippen LogP contribution is 2.20. The molecule has 0 aliphatic carbocycles. The van der Waals surface area contributed by atoms with Crippen LogP contribution in [0.25, 0.3) is 17.0 Å². The lowest BCUT2D eigenvalue weighted by Crippen LogP contribution is -2.05. The van der Waals surface area contributed by atoms with Crippen LogP contribution in [0.15, 0.2) is 30.6 Å². The quantitative estimate of drug-likeness (QED) is 0.703. The summed E-state index contributed by atoms with van der Waals surface area (Å²) < 4.78 is 1.63. The Hall–Kier alpha value is -2.21. The van der Waals surface area contributed by atoms with Crippen molar-refractivity contribution in [1.29, 1.82) is 0 Å². The molecule has 84 valence electrons. The van der Waals surface area contributed by atoms with Crippen molar-refractivity contribution in [3.8, 4) is 5.95 Å². The Morgan fingerprint density at radius 3 is 2.76 bits per heavy atom. The molecule has 0 atom stereocenters. The molecule has 1 aromatic carbocycles. The molecule has 0 aliphatic heterocycles. The molecule has 0 saturated carbocycles. The van der Waals surface area contributed by atoms with E-state index >= 15 is 0 Å². The van der Waals surface area contributed by atoms with Crippen molar-refractivity contribution in [2.24, 2.45) is 0 Å². The van der Waals surface area contributed by atoms with Gasteiger partial charge in [0.1, 0.15) is 6.33 Å². The summed E-state index contributed by atoms with van der Waals surface area (Å²) in [5, 5.41) is 0.118. The zero-order valence-electron chi connectivity index (χ0n) is 8.58. The minimum Gasteiger partial charge on any atom is -0.369 e. The maximum Gasteiger partial charge on any atom is 0.241 e. The normalized spacial score (nSPS) is 10.9. The zero-order chi connectivity index (χ0) is 11.8. The van der Waals surface area contributed by atoms with Gasteiger partial charge in [-0.25, -0.2) is 19.5 Å². The van der Waals surface area contributed by atoms with Crippen LogP contribution in [0, 0.1) is 0 Å². The van der Waals surface area contributed by atoms with Gasteiger partial charge in [-0.3, -0.25) is 0 Å². The third-order valence-corrected chi connectivity index (χ3v) is 2.50. The van der Waals surface area contributed by atoms with E-state index in [9.17, 15) is 0 Å². The molecule has 0 radical (unpaired) electrons. The molecule has 17 heavy (non-hydrogen) atoms. The summed E-state index contributed by atoms with van der Waals surface area (Å²) >= 11 is 5.73. The van der Waals surface area contributed by atoms with Gasteiger partial charge >= 0.3 is 0 Å². The Morgan fingerprint density at radius 1 is 1.12 bits per heavy atom. The van der Waals surface area contributed by atoms with E-state index < -0.39 is 0 Å². The van der Waals surface area contributed by atoms with Crippen LogP contribution in [0.3, 0.4) is 0 Å². The van der Waals surface area contributed by atoms with Gasteiger partial charge < -0.3 is 5.73 Å². The number of aromatic nitrogens is 5. The molecule has 2 aromatic heterocycles. The van der Waals surface area contributed by atoms with Crippen LogP contribution < -0.4 is 5.73 Å². The Balaban J connectivity index is 2.33. The average molecular weight is 247 g/mol. The number of nitrogens with two attached hydrogens (primary N) is 1. The second-order valence-corrected chi connectivity index (χ2v) is 3.69. The van der Waals surface area contributed by atoms with Crippen molar-refractivity contribution in [2.75, 3.05) is 5.73 Å². The lowest BCUT2D eigenvalue weighted by Gasteiger charge is -2.03. The third-order valence-electron chi connectivity index (χ3n) is 2.32. The lowest BCUT2D eigenvalue weighted by atomic mass is 10.3. The summed E-state index contributed by atoms with van der Waals surface area (Å²) in [6.45, 7) is 0. The molecule has 0 aliphatic rings. The molecule has 3 rings (SSSR count). The van der Waals surface area contributed by atoms with Gasteiger partial charge in [0.05, 0.1) is 11.0 Å². The highest BCUT2D eigenvalue weighted by atomic mass is 35.5. The van der Waals surface area contributed by atoms with E-state index in [1.807, 2.05) is 24.3 Å². The van der Waals surface area contributed by atoms with Crippen LogP contribution in [0.2, 0.25) is 5.28 Å². The topological polar surface area (TPSA) is 82.5 Å². The van der Waals surface area contributed by atoms with Gasteiger partial charge in [-0.1, -0.05) is 12.1 Å². The first-order valence-electron chi connectivity index (χ1n) is 4.83. The fourth-order valence-electron chi connectivity index (χ4n) is 1.63. The van der Waals surface area contributed by atoms with Crippen molar-refractivity contribution in [1.82, 2.24) is 24.5 Å². The van der Waals surface area contributed by atoms with Gasteiger partial charge in [0.2, 0.25) is 17.2 Å². The highest BCUT2D eigenvalue weighted by Gasteiger charge is 2.11. The van der Waals surface area contributed by atoms with E-state index in [4.69, 9.17) is 17.3 Å². The first-order chi connectivity index (χ1) is 8.25. The Bertz CT molecular complexity index is 692. The molecule has 0 spiro atoms. The number of rotatable bonds is 1. The molecule has 0 unspecified atom stereocenters. The summed E-state index contributed by atoms with van der Waals surface area (Å²) in [7, 11) is 0. The molecule has 2 heterocycles. The van der Waals surface area contributed by atoms with Crippen molar-refractivity contribution in [2.45, 2.75) is 0 Å². The fraction of sp³-hybridized carbons (Fsp3) is 0. The van der Waals surface area contributed by atoms with E-state index in [1.54, 1.807) is 4.57 Å². The molecule has 0 fully saturated rings. The van der Waals surface area contributed by atoms with Gasteiger partial charge in [0, 0.05) is 0 Å². The summed E-state index contributed by atoms with van der Waals surface area (Å²) in [6.07, 6.45) is 1.33. The Morgan fingerprint density at radius 2 is 1.94 bits per heavy atom. The van der Waals surface area contributed by atoms with Gasteiger partial charge in [0.25, 0.3) is 0 Å². The van der Waals surface area contributed by atoms with Crippen LogP contribution in [0.4, 0.5) is 5.95 Å². The van der Waals surface area contributed by atoms with Gasteiger partial charge in [0.15, 0.2) is 0 Å². The van der Waals surface area contributed by atoms with Crippen LogP contribution in [0.5, 0.6) is 0 Å². The largest absolute Gasteiger partial charge is 0.369 e. The average Bonchev–Trinajstić information content (AvgIpc) is 2.64. The maximum absolute atomic E-state index is 5.84.